The highest BCUT2D eigenvalue weighted by Crippen LogP contribution is 2.27. The third kappa shape index (κ3) is 3.03. The zero-order valence-corrected chi connectivity index (χ0v) is 15.1. The number of hydrogen-bond acceptors (Lipinski definition) is 6. The summed E-state index contributed by atoms with van der Waals surface area (Å²) in [5, 5.41) is 7.55. The van der Waals surface area contributed by atoms with Crippen LogP contribution in [-0.2, 0) is 10.7 Å². The van der Waals surface area contributed by atoms with Crippen molar-refractivity contribution in [2.75, 3.05) is 5.32 Å². The highest BCUT2D eigenvalue weighted by molar-refractivity contribution is 9.10. The van der Waals surface area contributed by atoms with E-state index in [2.05, 4.69) is 31.3 Å². The smallest absolute Gasteiger partial charge is 0.172 e. The second kappa shape index (κ2) is 6.34. The van der Waals surface area contributed by atoms with Gasteiger partial charge in [0.25, 0.3) is 0 Å². The molecule has 3 aromatic heterocycles. The Morgan fingerprint density at radius 3 is 2.64 bits per heavy atom. The van der Waals surface area contributed by atoms with E-state index < -0.39 is 10.7 Å². The van der Waals surface area contributed by atoms with Crippen LogP contribution in [0.3, 0.4) is 0 Å². The summed E-state index contributed by atoms with van der Waals surface area (Å²) < 4.78 is 29.6. The van der Waals surface area contributed by atoms with Crippen molar-refractivity contribution < 1.29 is 12.8 Å². The minimum atomic E-state index is -2.59. The first-order valence-electron chi connectivity index (χ1n) is 7.20. The van der Waals surface area contributed by atoms with E-state index in [0.717, 1.165) is 21.4 Å². The molecule has 1 aromatic carbocycles. The van der Waals surface area contributed by atoms with Gasteiger partial charge in [-0.1, -0.05) is 0 Å². The summed E-state index contributed by atoms with van der Waals surface area (Å²) in [7, 11) is -2.59. The molecule has 0 radical (unpaired) electrons. The van der Waals surface area contributed by atoms with Crippen molar-refractivity contribution in [2.24, 2.45) is 0 Å². The molecule has 7 nitrogen and oxygen atoms in total. The van der Waals surface area contributed by atoms with Crippen LogP contribution in [0.15, 0.2) is 68.9 Å². The van der Waals surface area contributed by atoms with Crippen LogP contribution < -0.4 is 5.32 Å². The van der Waals surface area contributed by atoms with Crippen molar-refractivity contribution in [3.8, 4) is 11.3 Å². The Morgan fingerprint density at radius 2 is 1.96 bits per heavy atom. The SMILES string of the molecule is O=[SH](=O)c1ccc(Nc2cc(-c3ccoc3)nc3c(Br)cnn23)cc1. The molecule has 0 aliphatic heterocycles. The van der Waals surface area contributed by atoms with E-state index in [4.69, 9.17) is 4.42 Å². The maximum atomic E-state index is 11.0. The summed E-state index contributed by atoms with van der Waals surface area (Å²) in [4.78, 5) is 4.86. The van der Waals surface area contributed by atoms with Crippen molar-refractivity contribution in [1.82, 2.24) is 14.6 Å². The van der Waals surface area contributed by atoms with Gasteiger partial charge in [-0.05, 0) is 46.3 Å². The zero-order valence-electron chi connectivity index (χ0n) is 12.6. The van der Waals surface area contributed by atoms with Crippen LogP contribution in [0.1, 0.15) is 0 Å². The Labute approximate surface area is 152 Å². The number of halogens is 1. The second-order valence-corrected chi connectivity index (χ2v) is 7.08. The first-order valence-corrected chi connectivity index (χ1v) is 9.17. The molecule has 0 amide bonds. The highest BCUT2D eigenvalue weighted by atomic mass is 79.9. The Balaban J connectivity index is 1.80. The lowest BCUT2D eigenvalue weighted by atomic mass is 10.2. The van der Waals surface area contributed by atoms with Crippen LogP contribution in [0.5, 0.6) is 0 Å². The summed E-state index contributed by atoms with van der Waals surface area (Å²) in [5.41, 5.74) is 2.96. The molecule has 9 heteroatoms. The van der Waals surface area contributed by atoms with Gasteiger partial charge >= 0.3 is 0 Å². The van der Waals surface area contributed by atoms with Crippen LogP contribution in [0.4, 0.5) is 11.5 Å². The minimum Gasteiger partial charge on any atom is -0.472 e. The molecule has 0 bridgehead atoms. The van der Waals surface area contributed by atoms with Crippen molar-refractivity contribution in [3.63, 3.8) is 0 Å². The number of anilines is 2. The maximum Gasteiger partial charge on any atom is 0.172 e. The minimum absolute atomic E-state index is 0.265. The maximum absolute atomic E-state index is 11.0. The number of rotatable bonds is 4. The lowest BCUT2D eigenvalue weighted by Gasteiger charge is -2.10. The van der Waals surface area contributed by atoms with E-state index in [0.29, 0.717) is 11.5 Å². The van der Waals surface area contributed by atoms with Crippen molar-refractivity contribution in [2.45, 2.75) is 4.90 Å². The lowest BCUT2D eigenvalue weighted by Crippen LogP contribution is -2.02. The van der Waals surface area contributed by atoms with Crippen molar-refractivity contribution >= 4 is 43.8 Å². The molecule has 126 valence electrons. The second-order valence-electron chi connectivity index (χ2n) is 5.20. The summed E-state index contributed by atoms with van der Waals surface area (Å²) in [5.74, 6) is 0.686. The molecule has 3 heterocycles. The number of aromatic nitrogens is 3. The normalized spacial score (nSPS) is 11.3. The number of furan rings is 1. The average molecular weight is 419 g/mol. The topological polar surface area (TPSA) is 89.5 Å². The van der Waals surface area contributed by atoms with Gasteiger partial charge in [0.15, 0.2) is 16.4 Å². The van der Waals surface area contributed by atoms with E-state index in [1.807, 2.05) is 12.1 Å². The molecule has 0 saturated carbocycles. The number of nitrogens with one attached hydrogen (secondary N) is 1. The fourth-order valence-electron chi connectivity index (χ4n) is 2.40. The number of nitrogens with zero attached hydrogens (tertiary/aromatic N) is 3. The van der Waals surface area contributed by atoms with Crippen molar-refractivity contribution in [3.05, 3.63) is 59.6 Å². The van der Waals surface area contributed by atoms with Crippen LogP contribution in [0.25, 0.3) is 16.9 Å². The van der Waals surface area contributed by atoms with Crippen molar-refractivity contribution in [1.29, 1.82) is 0 Å². The van der Waals surface area contributed by atoms with Gasteiger partial charge in [0.1, 0.15) is 5.82 Å². The lowest BCUT2D eigenvalue weighted by molar-refractivity contribution is 0.568. The largest absolute Gasteiger partial charge is 0.472 e. The first-order chi connectivity index (χ1) is 12.1. The predicted molar refractivity (Wildman–Crippen MR) is 96.7 cm³/mol. The predicted octanol–water partition coefficient (Wildman–Crippen LogP) is 3.47. The van der Waals surface area contributed by atoms with E-state index >= 15 is 0 Å². The molecule has 25 heavy (non-hydrogen) atoms. The van der Waals surface area contributed by atoms with Gasteiger partial charge in [-0.15, -0.1) is 0 Å². The first kappa shape index (κ1) is 15.9. The quantitative estimate of drug-likeness (QED) is 0.493. The van der Waals surface area contributed by atoms with Crippen LogP contribution in [0, 0.1) is 0 Å². The molecule has 0 spiro atoms. The third-order valence-corrected chi connectivity index (χ3v) is 4.88. The van der Waals surface area contributed by atoms with Gasteiger partial charge in [0.05, 0.1) is 33.8 Å². The molecule has 4 aromatic rings. The molecule has 0 unspecified atom stereocenters. The third-order valence-electron chi connectivity index (χ3n) is 3.60. The summed E-state index contributed by atoms with van der Waals surface area (Å²) in [6, 6.07) is 10.2. The number of thiol groups is 1. The molecule has 0 fully saturated rings. The monoisotopic (exact) mass is 418 g/mol. The molecule has 0 aliphatic carbocycles. The van der Waals surface area contributed by atoms with Gasteiger partial charge < -0.3 is 9.73 Å². The molecule has 0 saturated heterocycles. The van der Waals surface area contributed by atoms with E-state index in [9.17, 15) is 8.42 Å². The molecule has 0 atom stereocenters. The van der Waals surface area contributed by atoms with Crippen LogP contribution in [-0.4, -0.2) is 23.0 Å². The van der Waals surface area contributed by atoms with Gasteiger partial charge in [-0.2, -0.15) is 9.61 Å². The van der Waals surface area contributed by atoms with Crippen LogP contribution >= 0.6 is 15.9 Å². The van der Waals surface area contributed by atoms with E-state index in [-0.39, 0.29) is 4.90 Å². The standard InChI is InChI=1S/C16H11BrN4O3S/c17-13-8-18-21-15(19-11-1-3-12(4-2-11)25(22)23)7-14(20-16(13)21)10-5-6-24-9-10/h1-9,19,25H. The number of benzene rings is 1. The summed E-state index contributed by atoms with van der Waals surface area (Å²) in [6.07, 6.45) is 4.87. The molecule has 4 rings (SSSR count). The highest BCUT2D eigenvalue weighted by Gasteiger charge is 2.12. The fourth-order valence-corrected chi connectivity index (χ4v) is 3.14. The number of hydrogen-bond donors (Lipinski definition) is 2. The molecular formula is C16H11BrN4O3S. The Morgan fingerprint density at radius 1 is 1.16 bits per heavy atom. The zero-order chi connectivity index (χ0) is 17.4. The van der Waals surface area contributed by atoms with E-state index in [1.165, 1.54) is 0 Å². The Kier molecular flexibility index (Phi) is 4.02. The molecular weight excluding hydrogens is 408 g/mol. The fraction of sp³-hybridized carbons (Fsp3) is 0. The number of fused-ring (bicyclic) bond motifs is 1. The van der Waals surface area contributed by atoms with Crippen LogP contribution in [0.2, 0.25) is 0 Å². The van der Waals surface area contributed by atoms with Gasteiger partial charge in [-0.3, -0.25) is 0 Å². The molecule has 1 N–H and O–H groups in total. The van der Waals surface area contributed by atoms with Gasteiger partial charge in [0, 0.05) is 17.3 Å². The van der Waals surface area contributed by atoms with Gasteiger partial charge in [0.2, 0.25) is 0 Å². The molecule has 0 aliphatic rings. The summed E-state index contributed by atoms with van der Waals surface area (Å²) in [6.45, 7) is 0. The Bertz CT molecular complexity index is 1110. The van der Waals surface area contributed by atoms with Gasteiger partial charge in [-0.25, -0.2) is 13.4 Å². The Hall–Kier alpha value is -2.65. The summed E-state index contributed by atoms with van der Waals surface area (Å²) >= 11 is 3.45. The average Bonchev–Trinajstić information content (AvgIpc) is 3.26. The van der Waals surface area contributed by atoms with E-state index in [1.54, 1.807) is 47.5 Å².